The van der Waals surface area contributed by atoms with Gasteiger partial charge in [-0.25, -0.2) is 8.42 Å². The Labute approximate surface area is 154 Å². The fourth-order valence-electron chi connectivity index (χ4n) is 3.68. The van der Waals surface area contributed by atoms with Gasteiger partial charge in [0.2, 0.25) is 10.0 Å². The summed E-state index contributed by atoms with van der Waals surface area (Å²) >= 11 is 6.09. The summed E-state index contributed by atoms with van der Waals surface area (Å²) in [5.41, 5.74) is 3.40. The van der Waals surface area contributed by atoms with E-state index < -0.39 is 10.0 Å². The van der Waals surface area contributed by atoms with Crippen molar-refractivity contribution in [1.29, 1.82) is 0 Å². The van der Waals surface area contributed by atoms with Gasteiger partial charge in [-0.2, -0.15) is 4.31 Å². The zero-order valence-corrected chi connectivity index (χ0v) is 15.7. The molecule has 0 amide bonds. The maximum absolute atomic E-state index is 12.9. The largest absolute Gasteiger partial charge is 0.293 e. The van der Waals surface area contributed by atoms with Gasteiger partial charge in [0.15, 0.2) is 0 Å². The van der Waals surface area contributed by atoms with Crippen LogP contribution in [0.2, 0.25) is 5.02 Å². The topological polar surface area (TPSA) is 40.6 Å². The normalized spacial score (nSPS) is 19.4. The van der Waals surface area contributed by atoms with Gasteiger partial charge in [0.05, 0.1) is 4.90 Å². The molecule has 0 N–H and O–H groups in total. The highest BCUT2D eigenvalue weighted by Gasteiger charge is 2.40. The first-order chi connectivity index (χ1) is 12.0. The minimum Gasteiger partial charge on any atom is -0.293 e. The molecular weight excluding hydrogens is 356 g/mol. The molecule has 2 aliphatic rings. The molecule has 0 atom stereocenters. The van der Waals surface area contributed by atoms with Gasteiger partial charge < -0.3 is 0 Å². The van der Waals surface area contributed by atoms with Crippen molar-refractivity contribution in [2.24, 2.45) is 0 Å². The summed E-state index contributed by atoms with van der Waals surface area (Å²) in [6.45, 7) is 4.76. The molecule has 0 unspecified atom stereocenters. The van der Waals surface area contributed by atoms with E-state index in [1.165, 1.54) is 11.1 Å². The summed E-state index contributed by atoms with van der Waals surface area (Å²) in [6, 6.07) is 13.9. The molecule has 6 heteroatoms. The molecule has 0 spiro atoms. The van der Waals surface area contributed by atoms with Gasteiger partial charge in [-0.05, 0) is 42.2 Å². The number of nitrogens with zero attached hydrogens (tertiary/aromatic N) is 2. The lowest BCUT2D eigenvalue weighted by molar-refractivity contribution is 0.0769. The molecule has 1 saturated heterocycles. The number of sulfonamides is 1. The summed E-state index contributed by atoms with van der Waals surface area (Å²) in [6.07, 6.45) is 1.03. The van der Waals surface area contributed by atoms with Crippen molar-refractivity contribution in [3.8, 4) is 0 Å². The molecule has 132 valence electrons. The van der Waals surface area contributed by atoms with Crippen LogP contribution in [-0.2, 0) is 23.0 Å². The quantitative estimate of drug-likeness (QED) is 0.826. The lowest BCUT2D eigenvalue weighted by Crippen LogP contribution is -2.61. The molecule has 4 nitrogen and oxygen atoms in total. The molecule has 2 heterocycles. The fourth-order valence-corrected chi connectivity index (χ4v) is 5.67. The smallest absolute Gasteiger partial charge is 0.243 e. The standard InChI is InChI=1S/C19H21ClN2O2S/c1-14-18(20)7-4-8-19(14)25(23,24)22-12-17(13-22)21-10-9-15-5-2-3-6-16(15)11-21/h2-8,17H,9-13H2,1H3. The van der Waals surface area contributed by atoms with Crippen LogP contribution in [0.3, 0.4) is 0 Å². The van der Waals surface area contributed by atoms with E-state index in [4.69, 9.17) is 11.6 Å². The number of fused-ring (bicyclic) bond motifs is 1. The Morgan fingerprint density at radius 1 is 1.04 bits per heavy atom. The molecule has 2 aromatic rings. The third-order valence-corrected chi connectivity index (χ3v) is 7.73. The van der Waals surface area contributed by atoms with Gasteiger partial charge in [-0.1, -0.05) is 41.9 Å². The van der Waals surface area contributed by atoms with Crippen molar-refractivity contribution in [2.75, 3.05) is 19.6 Å². The Morgan fingerprint density at radius 2 is 1.76 bits per heavy atom. The fraction of sp³-hybridized carbons (Fsp3) is 0.368. The average Bonchev–Trinajstić information content (AvgIpc) is 2.55. The minimum atomic E-state index is -3.47. The van der Waals surface area contributed by atoms with Crippen LogP contribution in [-0.4, -0.2) is 43.3 Å². The molecule has 25 heavy (non-hydrogen) atoms. The van der Waals surface area contributed by atoms with E-state index in [0.717, 1.165) is 19.5 Å². The molecule has 0 bridgehead atoms. The molecule has 2 aromatic carbocycles. The Hall–Kier alpha value is -1.40. The average molecular weight is 377 g/mol. The van der Waals surface area contributed by atoms with Gasteiger partial charge >= 0.3 is 0 Å². The van der Waals surface area contributed by atoms with Gasteiger partial charge in [-0.3, -0.25) is 4.90 Å². The highest BCUT2D eigenvalue weighted by atomic mass is 35.5. The molecule has 2 aliphatic heterocycles. The number of benzene rings is 2. The molecule has 0 radical (unpaired) electrons. The molecular formula is C19H21ClN2O2S. The van der Waals surface area contributed by atoms with Crippen LogP contribution in [0.1, 0.15) is 16.7 Å². The van der Waals surface area contributed by atoms with Gasteiger partial charge in [-0.15, -0.1) is 0 Å². The lowest BCUT2D eigenvalue weighted by Gasteiger charge is -2.46. The lowest BCUT2D eigenvalue weighted by atomic mass is 9.97. The zero-order valence-electron chi connectivity index (χ0n) is 14.2. The van der Waals surface area contributed by atoms with Gasteiger partial charge in [0.1, 0.15) is 0 Å². The molecule has 1 fully saturated rings. The second-order valence-electron chi connectivity index (χ2n) is 6.83. The van der Waals surface area contributed by atoms with Crippen LogP contribution in [0.25, 0.3) is 0 Å². The van der Waals surface area contributed by atoms with Crippen LogP contribution in [0.15, 0.2) is 47.4 Å². The molecule has 4 rings (SSSR count). The van der Waals surface area contributed by atoms with Crippen LogP contribution >= 0.6 is 11.6 Å². The minimum absolute atomic E-state index is 0.294. The Morgan fingerprint density at radius 3 is 2.52 bits per heavy atom. The number of rotatable bonds is 3. The number of halogens is 1. The van der Waals surface area contributed by atoms with E-state index in [-0.39, 0.29) is 0 Å². The Bertz CT molecular complexity index is 907. The third kappa shape index (κ3) is 2.99. The summed E-state index contributed by atoms with van der Waals surface area (Å²) in [5.74, 6) is 0. The molecule has 0 aliphatic carbocycles. The Kier molecular flexibility index (Phi) is 4.36. The van der Waals surface area contributed by atoms with Crippen molar-refractivity contribution in [3.05, 3.63) is 64.2 Å². The van der Waals surface area contributed by atoms with E-state index >= 15 is 0 Å². The maximum atomic E-state index is 12.9. The van der Waals surface area contributed by atoms with Crippen molar-refractivity contribution in [2.45, 2.75) is 30.8 Å². The zero-order chi connectivity index (χ0) is 17.6. The second kappa shape index (κ2) is 6.40. The molecule has 0 aromatic heterocycles. The first-order valence-electron chi connectivity index (χ1n) is 8.53. The van der Waals surface area contributed by atoms with Crippen molar-refractivity contribution in [3.63, 3.8) is 0 Å². The van der Waals surface area contributed by atoms with E-state index in [9.17, 15) is 8.42 Å². The van der Waals surface area contributed by atoms with Gasteiger partial charge in [0, 0.05) is 37.2 Å². The van der Waals surface area contributed by atoms with Crippen molar-refractivity contribution in [1.82, 2.24) is 9.21 Å². The monoisotopic (exact) mass is 376 g/mol. The van der Waals surface area contributed by atoms with Crippen LogP contribution in [0.4, 0.5) is 0 Å². The second-order valence-corrected chi connectivity index (χ2v) is 9.14. The van der Waals surface area contributed by atoms with Crippen molar-refractivity contribution >= 4 is 21.6 Å². The number of hydrogen-bond donors (Lipinski definition) is 0. The predicted molar refractivity (Wildman–Crippen MR) is 99.3 cm³/mol. The van der Waals surface area contributed by atoms with Crippen LogP contribution in [0, 0.1) is 6.92 Å². The summed E-state index contributed by atoms with van der Waals surface area (Å²) < 4.78 is 27.3. The highest BCUT2D eigenvalue weighted by molar-refractivity contribution is 7.89. The first-order valence-corrected chi connectivity index (χ1v) is 10.3. The predicted octanol–water partition coefficient (Wildman–Crippen LogP) is 3.08. The van der Waals surface area contributed by atoms with E-state index in [2.05, 4.69) is 29.2 Å². The molecule has 0 saturated carbocycles. The SMILES string of the molecule is Cc1c(Cl)cccc1S(=O)(=O)N1CC(N2CCc3ccccc3C2)C1. The van der Waals surface area contributed by atoms with E-state index in [0.29, 0.717) is 34.6 Å². The van der Waals surface area contributed by atoms with Gasteiger partial charge in [0.25, 0.3) is 0 Å². The van der Waals surface area contributed by atoms with Crippen LogP contribution in [0.5, 0.6) is 0 Å². The third-order valence-electron chi connectivity index (χ3n) is 5.34. The van der Waals surface area contributed by atoms with E-state index in [1.54, 1.807) is 29.4 Å². The maximum Gasteiger partial charge on any atom is 0.243 e. The number of hydrogen-bond acceptors (Lipinski definition) is 3. The first kappa shape index (κ1) is 17.0. The summed E-state index contributed by atoms with van der Waals surface area (Å²) in [4.78, 5) is 2.72. The van der Waals surface area contributed by atoms with Crippen molar-refractivity contribution < 1.29 is 8.42 Å². The van der Waals surface area contributed by atoms with Crippen LogP contribution < -0.4 is 0 Å². The summed E-state index contributed by atoms with van der Waals surface area (Å²) in [5, 5.41) is 0.491. The van der Waals surface area contributed by atoms with E-state index in [1.807, 2.05) is 0 Å². The highest BCUT2D eigenvalue weighted by Crippen LogP contribution is 2.31. The Balaban J connectivity index is 1.46. The summed E-state index contributed by atoms with van der Waals surface area (Å²) in [7, 11) is -3.47.